The molecule has 1 aliphatic heterocycles. The van der Waals surface area contributed by atoms with Gasteiger partial charge in [-0.2, -0.15) is 0 Å². The third kappa shape index (κ3) is 3.86. The highest BCUT2D eigenvalue weighted by molar-refractivity contribution is 8.25. The zero-order valence-electron chi connectivity index (χ0n) is 9.22. The van der Waals surface area contributed by atoms with Crippen molar-refractivity contribution in [1.82, 2.24) is 9.98 Å². The van der Waals surface area contributed by atoms with Crippen LogP contribution in [0.4, 0.5) is 8.78 Å². The predicted molar refractivity (Wildman–Crippen MR) is 68.7 cm³/mol. The van der Waals surface area contributed by atoms with Crippen molar-refractivity contribution in [2.75, 3.05) is 7.05 Å². The molecule has 0 aliphatic carbocycles. The molecular weight excluding hydrogens is 270 g/mol. The Hall–Kier alpha value is -0.270. The highest BCUT2D eigenvalue weighted by Crippen LogP contribution is 2.40. The van der Waals surface area contributed by atoms with Crippen LogP contribution in [0.3, 0.4) is 0 Å². The highest BCUT2D eigenvalue weighted by Gasteiger charge is 2.42. The lowest BCUT2D eigenvalue weighted by Gasteiger charge is -2.34. The minimum absolute atomic E-state index is 0.237. The number of hydrogen-bond acceptors (Lipinski definition) is 4. The molecule has 1 saturated heterocycles. The van der Waals surface area contributed by atoms with Crippen LogP contribution in [0, 0.1) is 0 Å². The van der Waals surface area contributed by atoms with Gasteiger partial charge in [-0.25, -0.2) is 13.4 Å². The van der Waals surface area contributed by atoms with Gasteiger partial charge in [0.2, 0.25) is 0 Å². The van der Waals surface area contributed by atoms with Gasteiger partial charge < -0.3 is 10.2 Å². The smallest absolute Gasteiger partial charge is 0.390 e. The Balaban J connectivity index is 2.67. The van der Waals surface area contributed by atoms with Crippen molar-refractivity contribution in [3.63, 3.8) is 0 Å². The predicted octanol–water partition coefficient (Wildman–Crippen LogP) is -0.119. The van der Waals surface area contributed by atoms with Gasteiger partial charge in [0.15, 0.2) is 6.72 Å². The first-order valence-electron chi connectivity index (χ1n) is 4.97. The molecule has 3 N–H and O–H groups in total. The Labute approximate surface area is 107 Å². The number of nitrogens with zero attached hydrogens (tertiary/aromatic N) is 1. The van der Waals surface area contributed by atoms with Gasteiger partial charge in [-0.3, -0.25) is 5.32 Å². The van der Waals surface area contributed by atoms with Crippen LogP contribution < -0.4 is 9.98 Å². The number of thioether (sulfide) groups is 2. The largest absolute Gasteiger partial charge is 0.404 e. The first-order chi connectivity index (χ1) is 7.99. The summed E-state index contributed by atoms with van der Waals surface area (Å²) < 4.78 is 28.7. The van der Waals surface area contributed by atoms with Crippen LogP contribution in [0.15, 0.2) is 0 Å². The number of hydrogen-bond donors (Lipinski definition) is 3. The van der Waals surface area contributed by atoms with Crippen molar-refractivity contribution >= 4 is 35.4 Å². The first kappa shape index (κ1) is 14.8. The number of halogens is 2. The van der Waals surface area contributed by atoms with E-state index in [2.05, 4.69) is 16.7 Å². The zero-order chi connectivity index (χ0) is 13.0. The summed E-state index contributed by atoms with van der Waals surface area (Å²) in [5, 5.41) is 21.0. The second kappa shape index (κ2) is 6.61. The molecule has 0 bridgehead atoms. The number of aliphatic hydroxyl groups is 2. The molecule has 1 aliphatic rings. The van der Waals surface area contributed by atoms with E-state index >= 15 is 0 Å². The van der Waals surface area contributed by atoms with Crippen molar-refractivity contribution in [3.8, 4) is 0 Å². The molecule has 1 heterocycles. The molecular formula is C9H15F2N2O2S2+. The molecule has 8 heteroatoms. The van der Waals surface area contributed by atoms with Crippen LogP contribution >= 0.6 is 23.5 Å². The quantitative estimate of drug-likeness (QED) is 0.375. The van der Waals surface area contributed by atoms with E-state index in [1.54, 1.807) is 7.05 Å². The van der Waals surface area contributed by atoms with E-state index in [4.69, 9.17) is 0 Å². The van der Waals surface area contributed by atoms with Crippen molar-refractivity contribution in [1.29, 1.82) is 0 Å². The maximum Gasteiger partial charge on any atom is 0.404 e. The van der Waals surface area contributed by atoms with E-state index in [1.165, 1.54) is 11.8 Å². The van der Waals surface area contributed by atoms with Crippen molar-refractivity contribution in [3.05, 3.63) is 0 Å². The van der Waals surface area contributed by atoms with Gasteiger partial charge in [-0.15, -0.1) is 11.8 Å². The van der Waals surface area contributed by atoms with Crippen molar-refractivity contribution in [2.45, 2.75) is 34.9 Å². The number of aliphatic hydroxyl groups excluding tert-OH is 2. The Morgan fingerprint density at radius 2 is 2.24 bits per heavy atom. The summed E-state index contributed by atoms with van der Waals surface area (Å²) >= 11 is 2.19. The molecule has 0 aromatic rings. The molecule has 17 heavy (non-hydrogen) atoms. The SMILES string of the molecule is C=[N+]=C(NC)SC1CC(O)C(O)C(C(F)F)S1. The Bertz CT molecular complexity index is 313. The van der Waals surface area contributed by atoms with E-state index < -0.39 is 23.9 Å². The van der Waals surface area contributed by atoms with Gasteiger partial charge in [0.25, 0.3) is 6.43 Å². The van der Waals surface area contributed by atoms with Crippen LogP contribution in [0.2, 0.25) is 0 Å². The summed E-state index contributed by atoms with van der Waals surface area (Å²) in [6.07, 6.45) is -4.94. The number of alkyl halides is 2. The van der Waals surface area contributed by atoms with Gasteiger partial charge in [0.05, 0.1) is 29.1 Å². The van der Waals surface area contributed by atoms with E-state index in [1.807, 2.05) is 0 Å². The molecule has 0 saturated carbocycles. The summed E-state index contributed by atoms with van der Waals surface area (Å²) in [4.78, 5) is 0. The van der Waals surface area contributed by atoms with E-state index in [-0.39, 0.29) is 11.0 Å². The standard InChI is InChI=1S/C9H14F2N2O2S2/c1-12-9(13-2)17-5-3-4(14)6(15)7(16-5)8(10)11/h4-8,14-15H,1,3H2,2H3/p+1. The maximum atomic E-state index is 12.7. The lowest BCUT2D eigenvalue weighted by Crippen LogP contribution is -2.46. The molecule has 1 fully saturated rings. The monoisotopic (exact) mass is 285 g/mol. The average molecular weight is 285 g/mol. The molecule has 98 valence electrons. The molecule has 0 radical (unpaired) electrons. The fourth-order valence-electron chi connectivity index (χ4n) is 1.45. The van der Waals surface area contributed by atoms with Crippen LogP contribution in [-0.2, 0) is 0 Å². The van der Waals surface area contributed by atoms with E-state index in [0.717, 1.165) is 11.8 Å². The van der Waals surface area contributed by atoms with Crippen LogP contribution in [0.1, 0.15) is 6.42 Å². The normalized spacial score (nSPS) is 33.3. The van der Waals surface area contributed by atoms with Gasteiger partial charge in [0.1, 0.15) is 0 Å². The molecule has 1 rings (SSSR count). The lowest BCUT2D eigenvalue weighted by atomic mass is 10.1. The number of rotatable bonds is 2. The van der Waals surface area contributed by atoms with Gasteiger partial charge in [-0.1, -0.05) is 0 Å². The Morgan fingerprint density at radius 3 is 2.71 bits per heavy atom. The second-order valence-corrected chi connectivity index (χ2v) is 6.36. The molecule has 4 unspecified atom stereocenters. The number of amidine groups is 1. The molecule has 0 aromatic heterocycles. The topological polar surface area (TPSA) is 66.6 Å². The van der Waals surface area contributed by atoms with Gasteiger partial charge in [0, 0.05) is 0 Å². The second-order valence-electron chi connectivity index (χ2n) is 3.49. The van der Waals surface area contributed by atoms with Gasteiger partial charge >= 0.3 is 5.17 Å². The van der Waals surface area contributed by atoms with Gasteiger partial charge in [-0.05, 0) is 18.2 Å². The summed E-state index contributed by atoms with van der Waals surface area (Å²) in [7, 11) is 1.65. The number of nitrogens with one attached hydrogen (secondary N) is 1. The van der Waals surface area contributed by atoms with Crippen LogP contribution in [-0.4, -0.2) is 57.6 Å². The maximum absolute atomic E-state index is 12.7. The van der Waals surface area contributed by atoms with E-state index in [9.17, 15) is 19.0 Å². The summed E-state index contributed by atoms with van der Waals surface area (Å²) in [6.45, 7) is 3.35. The average Bonchev–Trinajstić information content (AvgIpc) is 2.29. The van der Waals surface area contributed by atoms with Crippen molar-refractivity contribution in [2.24, 2.45) is 0 Å². The lowest BCUT2D eigenvalue weighted by molar-refractivity contribution is -0.0202. The fourth-order valence-corrected chi connectivity index (χ4v) is 4.19. The zero-order valence-corrected chi connectivity index (χ0v) is 10.8. The Kier molecular flexibility index (Phi) is 5.75. The summed E-state index contributed by atoms with van der Waals surface area (Å²) in [6, 6.07) is 0. The fraction of sp³-hybridized carbons (Fsp3) is 0.778. The minimum Gasteiger partial charge on any atom is -0.390 e. The molecule has 0 aromatic carbocycles. The molecule has 0 spiro atoms. The van der Waals surface area contributed by atoms with Crippen molar-refractivity contribution < 1.29 is 19.0 Å². The van der Waals surface area contributed by atoms with Crippen LogP contribution in [0.25, 0.3) is 0 Å². The Morgan fingerprint density at radius 1 is 1.59 bits per heavy atom. The van der Waals surface area contributed by atoms with Crippen LogP contribution in [0.5, 0.6) is 0 Å². The third-order valence-electron chi connectivity index (χ3n) is 2.32. The third-order valence-corrected chi connectivity index (χ3v) is 5.25. The highest BCUT2D eigenvalue weighted by atomic mass is 32.2. The minimum atomic E-state index is -2.66. The molecule has 4 atom stereocenters. The summed E-state index contributed by atoms with van der Waals surface area (Å²) in [5.74, 6) is 0. The first-order valence-corrected chi connectivity index (χ1v) is 6.79. The summed E-state index contributed by atoms with van der Waals surface area (Å²) in [5.41, 5.74) is 0. The molecule has 4 nitrogen and oxygen atoms in total. The molecule has 0 amide bonds. The van der Waals surface area contributed by atoms with E-state index in [0.29, 0.717) is 5.17 Å².